The van der Waals surface area contributed by atoms with Crippen LogP contribution in [0, 0.1) is 0 Å². The zero-order valence-corrected chi connectivity index (χ0v) is 21.1. The Morgan fingerprint density at radius 2 is 1.85 bits per heavy atom. The second-order valence-electron chi connectivity index (χ2n) is 6.89. The largest absolute Gasteiger partial charge is 0.496 e. The first-order chi connectivity index (χ1) is 16.4. The van der Waals surface area contributed by atoms with Gasteiger partial charge in [0.05, 0.1) is 29.9 Å². The molecule has 176 valence electrons. The Balaban J connectivity index is 1.49. The molecule has 34 heavy (non-hydrogen) atoms. The molecule has 2 N–H and O–H groups in total. The van der Waals surface area contributed by atoms with Crippen molar-refractivity contribution in [1.29, 1.82) is 0 Å². The molecule has 0 aromatic heterocycles. The van der Waals surface area contributed by atoms with E-state index in [-0.39, 0.29) is 13.2 Å². The lowest BCUT2D eigenvalue weighted by Gasteiger charge is -2.10. The van der Waals surface area contributed by atoms with E-state index in [0.29, 0.717) is 31.6 Å². The van der Waals surface area contributed by atoms with Crippen LogP contribution in [0.5, 0.6) is 11.5 Å². The SMILES string of the molecule is COc1ccccc1C(=O)NCC(=O)NN=Cc1ccc(OCc2ccc(Cl)cc2Cl)c(Br)c1. The topological polar surface area (TPSA) is 89.0 Å². The number of benzene rings is 3. The molecule has 0 saturated carbocycles. The van der Waals surface area contributed by atoms with Gasteiger partial charge in [-0.05, 0) is 64.0 Å². The molecule has 3 aromatic rings. The Kier molecular flexibility index (Phi) is 9.33. The number of rotatable bonds is 9. The van der Waals surface area contributed by atoms with Crippen molar-refractivity contribution in [3.8, 4) is 11.5 Å². The van der Waals surface area contributed by atoms with E-state index in [9.17, 15) is 9.59 Å². The van der Waals surface area contributed by atoms with Gasteiger partial charge in [-0.2, -0.15) is 5.10 Å². The third kappa shape index (κ3) is 7.21. The number of carbonyl (C=O) groups excluding carboxylic acids is 2. The number of carbonyl (C=O) groups is 2. The Morgan fingerprint density at radius 3 is 2.59 bits per heavy atom. The molecule has 0 bridgehead atoms. The first-order valence-electron chi connectivity index (χ1n) is 9.96. The standard InChI is InChI=1S/C24H20BrCl2N3O4/c1-33-21-5-3-2-4-18(21)24(32)28-13-23(31)30-29-12-15-6-9-22(19(25)10-15)34-14-16-7-8-17(26)11-20(16)27/h2-12H,13-14H2,1H3,(H,28,32)(H,30,31). The fraction of sp³-hybridized carbons (Fsp3) is 0.125. The maximum atomic E-state index is 12.2. The van der Waals surface area contributed by atoms with Crippen LogP contribution in [-0.2, 0) is 11.4 Å². The van der Waals surface area contributed by atoms with E-state index in [0.717, 1.165) is 11.1 Å². The van der Waals surface area contributed by atoms with E-state index >= 15 is 0 Å². The summed E-state index contributed by atoms with van der Waals surface area (Å²) in [5.41, 5.74) is 4.24. The van der Waals surface area contributed by atoms with Crippen LogP contribution in [0.3, 0.4) is 0 Å². The number of ether oxygens (including phenoxy) is 2. The van der Waals surface area contributed by atoms with Gasteiger partial charge >= 0.3 is 0 Å². The van der Waals surface area contributed by atoms with Crippen LogP contribution < -0.4 is 20.2 Å². The summed E-state index contributed by atoms with van der Waals surface area (Å²) in [6, 6.07) is 17.3. The Morgan fingerprint density at radius 1 is 1.06 bits per heavy atom. The van der Waals surface area contributed by atoms with E-state index in [2.05, 4.69) is 31.8 Å². The minimum Gasteiger partial charge on any atom is -0.496 e. The first kappa shape index (κ1) is 25.6. The Hall–Kier alpha value is -3.07. The quantitative estimate of drug-likeness (QED) is 0.275. The van der Waals surface area contributed by atoms with Gasteiger partial charge in [-0.25, -0.2) is 5.43 Å². The van der Waals surface area contributed by atoms with E-state index in [1.807, 2.05) is 0 Å². The molecule has 0 saturated heterocycles. The molecule has 0 aliphatic rings. The highest BCUT2D eigenvalue weighted by molar-refractivity contribution is 9.10. The molecule has 7 nitrogen and oxygen atoms in total. The highest BCUT2D eigenvalue weighted by Crippen LogP contribution is 2.28. The molecule has 0 fully saturated rings. The lowest BCUT2D eigenvalue weighted by atomic mass is 10.2. The summed E-state index contributed by atoms with van der Waals surface area (Å²) < 4.78 is 11.7. The zero-order valence-electron chi connectivity index (χ0n) is 18.0. The van der Waals surface area contributed by atoms with Gasteiger partial charge < -0.3 is 14.8 Å². The summed E-state index contributed by atoms with van der Waals surface area (Å²) in [6.45, 7) is 0.0383. The van der Waals surface area contributed by atoms with Gasteiger partial charge in [-0.15, -0.1) is 0 Å². The average molecular weight is 565 g/mol. The second-order valence-corrected chi connectivity index (χ2v) is 8.59. The highest BCUT2D eigenvalue weighted by Gasteiger charge is 2.12. The van der Waals surface area contributed by atoms with Crippen LogP contribution in [0.4, 0.5) is 0 Å². The van der Waals surface area contributed by atoms with E-state index in [1.54, 1.807) is 60.7 Å². The third-order valence-corrected chi connectivity index (χ3v) is 5.72. The van der Waals surface area contributed by atoms with Gasteiger partial charge in [0, 0.05) is 15.6 Å². The number of para-hydroxylation sites is 1. The number of halogens is 3. The maximum Gasteiger partial charge on any atom is 0.259 e. The van der Waals surface area contributed by atoms with Crippen molar-refractivity contribution in [2.45, 2.75) is 6.61 Å². The van der Waals surface area contributed by atoms with E-state index < -0.39 is 11.8 Å². The molecule has 10 heteroatoms. The molecular formula is C24H20BrCl2N3O4. The molecule has 0 unspecified atom stereocenters. The summed E-state index contributed by atoms with van der Waals surface area (Å²) >= 11 is 15.5. The van der Waals surface area contributed by atoms with Crippen LogP contribution in [0.2, 0.25) is 10.0 Å². The van der Waals surface area contributed by atoms with Crippen LogP contribution in [0.15, 0.2) is 70.2 Å². The number of nitrogens with zero attached hydrogens (tertiary/aromatic N) is 1. The van der Waals surface area contributed by atoms with E-state index in [1.165, 1.54) is 13.3 Å². The molecule has 0 atom stereocenters. The normalized spacial score (nSPS) is 10.7. The van der Waals surface area contributed by atoms with Crippen molar-refractivity contribution in [3.05, 3.63) is 91.9 Å². The summed E-state index contributed by atoms with van der Waals surface area (Å²) in [7, 11) is 1.47. The molecule has 3 rings (SSSR count). The lowest BCUT2D eigenvalue weighted by Crippen LogP contribution is -2.35. The van der Waals surface area contributed by atoms with Crippen LogP contribution in [0.25, 0.3) is 0 Å². The number of hydrogen-bond donors (Lipinski definition) is 2. The third-order valence-electron chi connectivity index (χ3n) is 4.52. The van der Waals surface area contributed by atoms with Crippen molar-refractivity contribution in [2.24, 2.45) is 5.10 Å². The predicted molar refractivity (Wildman–Crippen MR) is 136 cm³/mol. The molecule has 0 spiro atoms. The van der Waals surface area contributed by atoms with Crippen molar-refractivity contribution < 1.29 is 19.1 Å². The van der Waals surface area contributed by atoms with Crippen molar-refractivity contribution in [1.82, 2.24) is 10.7 Å². The first-order valence-corrected chi connectivity index (χ1v) is 11.5. The van der Waals surface area contributed by atoms with Crippen molar-refractivity contribution in [2.75, 3.05) is 13.7 Å². The lowest BCUT2D eigenvalue weighted by molar-refractivity contribution is -0.120. The minimum atomic E-state index is -0.474. The average Bonchev–Trinajstić information content (AvgIpc) is 2.83. The fourth-order valence-corrected chi connectivity index (χ4v) is 3.79. The smallest absolute Gasteiger partial charge is 0.259 e. The molecule has 0 radical (unpaired) electrons. The minimum absolute atomic E-state index is 0.238. The van der Waals surface area contributed by atoms with Gasteiger partial charge in [-0.1, -0.05) is 41.4 Å². The molecule has 0 aliphatic carbocycles. The Labute approximate surface area is 215 Å². The van der Waals surface area contributed by atoms with Crippen LogP contribution in [0.1, 0.15) is 21.5 Å². The summed E-state index contributed by atoms with van der Waals surface area (Å²) in [5.74, 6) is 0.147. The number of amides is 2. The second kappa shape index (κ2) is 12.4. The number of nitrogens with one attached hydrogen (secondary N) is 2. The number of methoxy groups -OCH3 is 1. The Bertz CT molecular complexity index is 1220. The van der Waals surface area contributed by atoms with Crippen LogP contribution in [-0.4, -0.2) is 31.7 Å². The van der Waals surface area contributed by atoms with Crippen LogP contribution >= 0.6 is 39.1 Å². The predicted octanol–water partition coefficient (Wildman–Crippen LogP) is 5.22. The monoisotopic (exact) mass is 563 g/mol. The summed E-state index contributed by atoms with van der Waals surface area (Å²) in [4.78, 5) is 24.2. The van der Waals surface area contributed by atoms with Gasteiger partial charge in [0.1, 0.15) is 18.1 Å². The summed E-state index contributed by atoms with van der Waals surface area (Å²) in [6.07, 6.45) is 1.48. The molecule has 2 amide bonds. The molecule has 0 aliphatic heterocycles. The van der Waals surface area contributed by atoms with Gasteiger partial charge in [0.15, 0.2) is 0 Å². The molecule has 0 heterocycles. The number of hydrazone groups is 1. The van der Waals surface area contributed by atoms with Crippen molar-refractivity contribution >= 4 is 57.2 Å². The van der Waals surface area contributed by atoms with Gasteiger partial charge in [0.2, 0.25) is 0 Å². The van der Waals surface area contributed by atoms with E-state index in [4.69, 9.17) is 32.7 Å². The maximum absolute atomic E-state index is 12.2. The molecular weight excluding hydrogens is 545 g/mol. The fourth-order valence-electron chi connectivity index (χ4n) is 2.82. The molecule has 3 aromatic carbocycles. The van der Waals surface area contributed by atoms with Gasteiger partial charge in [0.25, 0.3) is 11.8 Å². The zero-order chi connectivity index (χ0) is 24.5. The number of hydrogen-bond acceptors (Lipinski definition) is 5. The van der Waals surface area contributed by atoms with Crippen molar-refractivity contribution in [3.63, 3.8) is 0 Å². The summed E-state index contributed by atoms with van der Waals surface area (Å²) in [5, 5.41) is 7.54. The van der Waals surface area contributed by atoms with Gasteiger partial charge in [-0.3, -0.25) is 9.59 Å². The highest BCUT2D eigenvalue weighted by atomic mass is 79.9.